The summed E-state index contributed by atoms with van der Waals surface area (Å²) in [5, 5.41) is 10.9. The van der Waals surface area contributed by atoms with Crippen molar-refractivity contribution in [3.05, 3.63) is 48.0 Å². The lowest BCUT2D eigenvalue weighted by atomic mass is 9.84. The number of aryl methyl sites for hydroxylation is 2. The Morgan fingerprint density at radius 2 is 1.87 bits per heavy atom. The van der Waals surface area contributed by atoms with Crippen molar-refractivity contribution in [1.82, 2.24) is 14.5 Å². The van der Waals surface area contributed by atoms with Crippen LogP contribution in [-0.2, 0) is 22.2 Å². The third-order valence-corrected chi connectivity index (χ3v) is 5.85. The number of benzene rings is 1. The molecule has 0 aliphatic carbocycles. The Morgan fingerprint density at radius 3 is 2.39 bits per heavy atom. The third-order valence-electron chi connectivity index (χ3n) is 5.85. The number of halogens is 3. The van der Waals surface area contributed by atoms with Crippen LogP contribution in [-0.4, -0.2) is 71.5 Å². The molecule has 2 heterocycles. The molecule has 1 saturated heterocycles. The van der Waals surface area contributed by atoms with E-state index in [1.54, 1.807) is 4.90 Å². The Bertz CT molecular complexity index is 909. The van der Waals surface area contributed by atoms with Gasteiger partial charge in [0, 0.05) is 57.9 Å². The highest BCUT2D eigenvalue weighted by Crippen LogP contribution is 2.44. The number of imidazole rings is 1. The molecule has 0 amide bonds. The minimum atomic E-state index is -5.13. The lowest BCUT2D eigenvalue weighted by Gasteiger charge is -2.41. The average Bonchev–Trinajstić information content (AvgIpc) is 3.17. The van der Waals surface area contributed by atoms with E-state index >= 15 is 0 Å². The molecule has 0 radical (unpaired) electrons. The minimum Gasteiger partial charge on any atom is -0.469 e. The van der Waals surface area contributed by atoms with E-state index in [2.05, 4.69) is 14.6 Å². The highest BCUT2D eigenvalue weighted by atomic mass is 19.4. The highest BCUT2D eigenvalue weighted by Gasteiger charge is 2.65. The molecule has 1 aliphatic heterocycles. The number of alkyl halides is 3. The summed E-state index contributed by atoms with van der Waals surface area (Å²) in [7, 11) is 2.36. The number of esters is 1. The first-order valence-electron chi connectivity index (χ1n) is 9.97. The number of para-hydroxylation sites is 1. The van der Waals surface area contributed by atoms with E-state index in [1.165, 1.54) is 13.2 Å². The number of aliphatic hydroxyl groups is 1. The van der Waals surface area contributed by atoms with Crippen molar-refractivity contribution >= 4 is 11.7 Å². The molecule has 2 atom stereocenters. The number of hydrogen-bond donors (Lipinski definition) is 1. The minimum absolute atomic E-state index is 0.308. The third kappa shape index (κ3) is 4.40. The van der Waals surface area contributed by atoms with Gasteiger partial charge in [0.15, 0.2) is 5.82 Å². The number of carbonyl (C=O) groups is 1. The summed E-state index contributed by atoms with van der Waals surface area (Å²) in [5.74, 6) is -3.67. The second-order valence-corrected chi connectivity index (χ2v) is 7.78. The molecular weight excluding hydrogens is 413 g/mol. The molecule has 0 spiro atoms. The fraction of sp³-hybridized carbons (Fsp3) is 0.524. The first kappa shape index (κ1) is 23.1. The SMILES string of the molecule is COC(=O)[C@H](CN1CCN(c2ccccc2C)CC1)[C@@](O)(c1nccn1C)C(F)(F)F. The predicted molar refractivity (Wildman–Crippen MR) is 108 cm³/mol. The van der Waals surface area contributed by atoms with Gasteiger partial charge in [-0.05, 0) is 18.6 Å². The standard InChI is InChI=1S/C21H27F3N4O3/c1-15-6-4-5-7-17(15)28-12-10-27(11-13-28)14-16(18(29)31-3)20(30,21(22,23)24)19-25-8-9-26(19)2/h4-9,16,30H,10-14H2,1-3H3/t16-,20+/m0/s1. The molecule has 0 bridgehead atoms. The Kier molecular flexibility index (Phi) is 6.61. The van der Waals surface area contributed by atoms with Gasteiger partial charge < -0.3 is 19.3 Å². The Labute approximate surface area is 179 Å². The molecule has 1 fully saturated rings. The van der Waals surface area contributed by atoms with E-state index in [1.807, 2.05) is 31.2 Å². The number of methoxy groups -OCH3 is 1. The number of rotatable bonds is 6. The Balaban J connectivity index is 1.83. The summed E-state index contributed by atoms with van der Waals surface area (Å²) in [4.78, 5) is 20.1. The van der Waals surface area contributed by atoms with Crippen LogP contribution in [0.5, 0.6) is 0 Å². The zero-order valence-electron chi connectivity index (χ0n) is 17.8. The quantitative estimate of drug-likeness (QED) is 0.694. The van der Waals surface area contributed by atoms with Crippen LogP contribution in [0.15, 0.2) is 36.7 Å². The first-order valence-corrected chi connectivity index (χ1v) is 9.97. The molecular formula is C21H27F3N4O3. The highest BCUT2D eigenvalue weighted by molar-refractivity contribution is 5.74. The van der Waals surface area contributed by atoms with Crippen LogP contribution in [0.25, 0.3) is 0 Å². The number of nitrogens with zero attached hydrogens (tertiary/aromatic N) is 4. The smallest absolute Gasteiger partial charge is 0.425 e. The number of anilines is 1. The van der Waals surface area contributed by atoms with Crippen LogP contribution < -0.4 is 4.90 Å². The zero-order valence-corrected chi connectivity index (χ0v) is 17.8. The molecule has 2 aromatic rings. The molecule has 0 unspecified atom stereocenters. The van der Waals surface area contributed by atoms with Crippen molar-refractivity contribution in [1.29, 1.82) is 0 Å². The normalized spacial score (nSPS) is 18.5. The van der Waals surface area contributed by atoms with Crippen LogP contribution in [0, 0.1) is 12.8 Å². The molecule has 1 aromatic carbocycles. The van der Waals surface area contributed by atoms with Gasteiger partial charge in [-0.2, -0.15) is 13.2 Å². The number of carbonyl (C=O) groups excluding carboxylic acids is 1. The van der Waals surface area contributed by atoms with Crippen LogP contribution in [0.1, 0.15) is 11.4 Å². The van der Waals surface area contributed by atoms with E-state index in [-0.39, 0.29) is 6.54 Å². The van der Waals surface area contributed by atoms with Gasteiger partial charge in [-0.25, -0.2) is 4.98 Å². The van der Waals surface area contributed by atoms with E-state index in [4.69, 9.17) is 0 Å². The maximum atomic E-state index is 14.1. The number of ether oxygens (including phenoxy) is 1. The Morgan fingerprint density at radius 1 is 1.23 bits per heavy atom. The van der Waals surface area contributed by atoms with Crippen LogP contribution in [0.3, 0.4) is 0 Å². The first-order chi connectivity index (χ1) is 14.6. The summed E-state index contributed by atoms with van der Waals surface area (Å²) in [5.41, 5.74) is -1.29. The van der Waals surface area contributed by atoms with E-state index in [0.29, 0.717) is 26.2 Å². The molecule has 1 aromatic heterocycles. The van der Waals surface area contributed by atoms with Gasteiger partial charge >= 0.3 is 12.1 Å². The summed E-state index contributed by atoms with van der Waals surface area (Å²) < 4.78 is 48.2. The second-order valence-electron chi connectivity index (χ2n) is 7.78. The molecule has 31 heavy (non-hydrogen) atoms. The molecule has 3 rings (SSSR count). The van der Waals surface area contributed by atoms with Crippen molar-refractivity contribution in [2.24, 2.45) is 13.0 Å². The predicted octanol–water partition coefficient (Wildman–Crippen LogP) is 2.09. The van der Waals surface area contributed by atoms with Crippen molar-refractivity contribution in [2.45, 2.75) is 18.7 Å². The van der Waals surface area contributed by atoms with E-state index < -0.39 is 29.5 Å². The van der Waals surface area contributed by atoms with Crippen LogP contribution in [0.4, 0.5) is 18.9 Å². The summed E-state index contributed by atoms with van der Waals surface area (Å²) in [6.07, 6.45) is -2.68. The second kappa shape index (κ2) is 8.88. The van der Waals surface area contributed by atoms with Crippen molar-refractivity contribution < 1.29 is 27.8 Å². The van der Waals surface area contributed by atoms with Crippen LogP contribution >= 0.6 is 0 Å². The number of piperazine rings is 1. The summed E-state index contributed by atoms with van der Waals surface area (Å²) in [6.45, 7) is 3.76. The molecule has 0 saturated carbocycles. The lowest BCUT2D eigenvalue weighted by molar-refractivity contribution is -0.291. The Hall–Kier alpha value is -2.59. The number of hydrogen-bond acceptors (Lipinski definition) is 6. The fourth-order valence-corrected chi connectivity index (χ4v) is 4.08. The van der Waals surface area contributed by atoms with E-state index in [9.17, 15) is 23.1 Å². The fourth-order valence-electron chi connectivity index (χ4n) is 4.08. The molecule has 170 valence electrons. The topological polar surface area (TPSA) is 70.8 Å². The maximum absolute atomic E-state index is 14.1. The van der Waals surface area contributed by atoms with Gasteiger partial charge in [-0.15, -0.1) is 0 Å². The summed E-state index contributed by atoms with van der Waals surface area (Å²) in [6, 6.07) is 7.90. The molecule has 1 N–H and O–H groups in total. The largest absolute Gasteiger partial charge is 0.469 e. The molecule has 10 heteroatoms. The van der Waals surface area contributed by atoms with Gasteiger partial charge in [-0.1, -0.05) is 18.2 Å². The molecule has 7 nitrogen and oxygen atoms in total. The average molecular weight is 440 g/mol. The van der Waals surface area contributed by atoms with Gasteiger partial charge in [0.2, 0.25) is 5.60 Å². The van der Waals surface area contributed by atoms with Crippen molar-refractivity contribution in [2.75, 3.05) is 44.7 Å². The maximum Gasteiger partial charge on any atom is 0.425 e. The van der Waals surface area contributed by atoms with Gasteiger partial charge in [0.25, 0.3) is 0 Å². The van der Waals surface area contributed by atoms with Gasteiger partial charge in [0.05, 0.1) is 7.11 Å². The lowest BCUT2D eigenvalue weighted by Crippen LogP contribution is -2.58. The van der Waals surface area contributed by atoms with Gasteiger partial charge in [0.1, 0.15) is 5.92 Å². The zero-order chi connectivity index (χ0) is 22.8. The van der Waals surface area contributed by atoms with E-state index in [0.717, 1.165) is 29.1 Å². The van der Waals surface area contributed by atoms with Crippen molar-refractivity contribution in [3.63, 3.8) is 0 Å². The monoisotopic (exact) mass is 440 g/mol. The van der Waals surface area contributed by atoms with Crippen LogP contribution in [0.2, 0.25) is 0 Å². The molecule has 1 aliphatic rings. The van der Waals surface area contributed by atoms with Gasteiger partial charge in [-0.3, -0.25) is 9.69 Å². The van der Waals surface area contributed by atoms with Crippen molar-refractivity contribution in [3.8, 4) is 0 Å². The summed E-state index contributed by atoms with van der Waals surface area (Å²) >= 11 is 0. The number of aromatic nitrogens is 2.